The number of amides is 1. The number of pyridine rings is 1. The SMILES string of the molecule is CCOCCc1ccc(C(=O)NCc2c(C)cc(C)[nH]c2=O)cc1. The van der Waals surface area contributed by atoms with Gasteiger partial charge in [0.05, 0.1) is 6.61 Å². The molecule has 2 rings (SSSR count). The van der Waals surface area contributed by atoms with E-state index in [1.165, 1.54) is 0 Å². The molecule has 5 heteroatoms. The summed E-state index contributed by atoms with van der Waals surface area (Å²) in [5.74, 6) is -0.189. The number of aromatic nitrogens is 1. The van der Waals surface area contributed by atoms with Gasteiger partial charge in [0.25, 0.3) is 11.5 Å². The predicted molar refractivity (Wildman–Crippen MR) is 94.3 cm³/mol. The van der Waals surface area contributed by atoms with Gasteiger partial charge in [-0.15, -0.1) is 0 Å². The lowest BCUT2D eigenvalue weighted by Crippen LogP contribution is -2.27. The van der Waals surface area contributed by atoms with Crippen LogP contribution in [0.3, 0.4) is 0 Å². The van der Waals surface area contributed by atoms with E-state index >= 15 is 0 Å². The topological polar surface area (TPSA) is 71.2 Å². The van der Waals surface area contributed by atoms with E-state index in [-0.39, 0.29) is 18.0 Å². The van der Waals surface area contributed by atoms with Crippen molar-refractivity contribution in [2.75, 3.05) is 13.2 Å². The van der Waals surface area contributed by atoms with Crippen LogP contribution in [0.1, 0.15) is 39.7 Å². The Hall–Kier alpha value is -2.40. The number of aromatic amines is 1. The lowest BCUT2D eigenvalue weighted by molar-refractivity contribution is 0.0950. The fraction of sp³-hybridized carbons (Fsp3) is 0.368. The summed E-state index contributed by atoms with van der Waals surface area (Å²) in [4.78, 5) is 26.9. The predicted octanol–water partition coefficient (Wildman–Crippen LogP) is 2.50. The first-order valence-electron chi connectivity index (χ1n) is 8.15. The van der Waals surface area contributed by atoms with Crippen LogP contribution in [0.25, 0.3) is 0 Å². The molecule has 24 heavy (non-hydrogen) atoms. The summed E-state index contributed by atoms with van der Waals surface area (Å²) >= 11 is 0. The molecule has 2 N–H and O–H groups in total. The number of rotatable bonds is 7. The number of benzene rings is 1. The molecule has 0 saturated heterocycles. The highest BCUT2D eigenvalue weighted by molar-refractivity contribution is 5.94. The van der Waals surface area contributed by atoms with Crippen LogP contribution in [0.2, 0.25) is 0 Å². The third-order valence-corrected chi connectivity index (χ3v) is 3.87. The Balaban J connectivity index is 1.97. The van der Waals surface area contributed by atoms with Gasteiger partial charge in [-0.05, 0) is 56.5 Å². The number of carbonyl (C=O) groups excluding carboxylic acids is 1. The van der Waals surface area contributed by atoms with Crippen molar-refractivity contribution in [3.8, 4) is 0 Å². The molecule has 1 aromatic carbocycles. The zero-order valence-corrected chi connectivity index (χ0v) is 14.4. The van der Waals surface area contributed by atoms with Crippen LogP contribution in [0.4, 0.5) is 0 Å². The maximum absolute atomic E-state index is 12.2. The van der Waals surface area contributed by atoms with Gasteiger partial charge in [0.2, 0.25) is 0 Å². The second-order valence-corrected chi connectivity index (χ2v) is 5.77. The zero-order chi connectivity index (χ0) is 17.5. The first kappa shape index (κ1) is 17.9. The minimum atomic E-state index is -0.189. The number of hydrogen-bond acceptors (Lipinski definition) is 3. The monoisotopic (exact) mass is 328 g/mol. The van der Waals surface area contributed by atoms with Crippen molar-refractivity contribution in [3.05, 3.63) is 68.6 Å². The number of aryl methyl sites for hydroxylation is 2. The fourth-order valence-electron chi connectivity index (χ4n) is 2.53. The molecule has 1 heterocycles. The molecular weight excluding hydrogens is 304 g/mol. The summed E-state index contributed by atoms with van der Waals surface area (Å²) in [5.41, 5.74) is 3.83. The highest BCUT2D eigenvalue weighted by atomic mass is 16.5. The molecule has 0 radical (unpaired) electrons. The standard InChI is InChI=1S/C19H24N2O3/c1-4-24-10-9-15-5-7-16(8-6-15)18(22)20-12-17-13(2)11-14(3)21-19(17)23/h5-8,11H,4,9-10,12H2,1-3H3,(H,20,22)(H,21,23). The molecule has 0 aliphatic heterocycles. The van der Waals surface area contributed by atoms with E-state index < -0.39 is 0 Å². The lowest BCUT2D eigenvalue weighted by atomic mass is 10.1. The summed E-state index contributed by atoms with van der Waals surface area (Å²) in [6, 6.07) is 9.34. The van der Waals surface area contributed by atoms with Crippen molar-refractivity contribution in [2.24, 2.45) is 0 Å². The third kappa shape index (κ3) is 4.80. The van der Waals surface area contributed by atoms with E-state index in [9.17, 15) is 9.59 Å². The summed E-state index contributed by atoms with van der Waals surface area (Å²) in [7, 11) is 0. The Kier molecular flexibility index (Phi) is 6.32. The van der Waals surface area contributed by atoms with Gasteiger partial charge in [-0.2, -0.15) is 0 Å². The van der Waals surface area contributed by atoms with E-state index in [0.29, 0.717) is 24.3 Å². The first-order valence-corrected chi connectivity index (χ1v) is 8.15. The maximum Gasteiger partial charge on any atom is 0.253 e. The average molecular weight is 328 g/mol. The van der Waals surface area contributed by atoms with Crippen molar-refractivity contribution in [1.29, 1.82) is 0 Å². The number of hydrogen-bond donors (Lipinski definition) is 2. The van der Waals surface area contributed by atoms with Gasteiger partial charge in [-0.25, -0.2) is 0 Å². The first-order chi connectivity index (χ1) is 11.5. The molecule has 0 saturated carbocycles. The van der Waals surface area contributed by atoms with Gasteiger partial charge in [0.1, 0.15) is 0 Å². The lowest BCUT2D eigenvalue weighted by Gasteiger charge is -2.09. The number of H-pyrrole nitrogens is 1. The van der Waals surface area contributed by atoms with Crippen LogP contribution < -0.4 is 10.9 Å². The summed E-state index contributed by atoms with van der Waals surface area (Å²) in [6.07, 6.45) is 0.827. The van der Waals surface area contributed by atoms with Crippen LogP contribution in [-0.4, -0.2) is 24.1 Å². The van der Waals surface area contributed by atoms with Crippen LogP contribution in [0.15, 0.2) is 35.1 Å². The molecule has 0 unspecified atom stereocenters. The highest BCUT2D eigenvalue weighted by Crippen LogP contribution is 2.07. The van der Waals surface area contributed by atoms with Gasteiger partial charge >= 0.3 is 0 Å². The molecule has 128 valence electrons. The molecule has 1 amide bonds. The Morgan fingerprint density at radius 1 is 1.21 bits per heavy atom. The molecule has 0 fully saturated rings. The Morgan fingerprint density at radius 3 is 2.54 bits per heavy atom. The van der Waals surface area contributed by atoms with Crippen molar-refractivity contribution in [2.45, 2.75) is 33.7 Å². The van der Waals surface area contributed by atoms with Crippen LogP contribution in [-0.2, 0) is 17.7 Å². The normalized spacial score (nSPS) is 10.6. The van der Waals surface area contributed by atoms with Crippen LogP contribution in [0.5, 0.6) is 0 Å². The van der Waals surface area contributed by atoms with E-state index in [2.05, 4.69) is 10.3 Å². The van der Waals surface area contributed by atoms with Crippen molar-refractivity contribution >= 4 is 5.91 Å². The van der Waals surface area contributed by atoms with Gasteiger partial charge in [0.15, 0.2) is 0 Å². The smallest absolute Gasteiger partial charge is 0.253 e. The molecule has 0 aliphatic carbocycles. The quantitative estimate of drug-likeness (QED) is 0.767. The summed E-state index contributed by atoms with van der Waals surface area (Å²) in [6.45, 7) is 7.27. The summed E-state index contributed by atoms with van der Waals surface area (Å²) in [5, 5.41) is 2.80. The van der Waals surface area contributed by atoms with E-state index in [4.69, 9.17) is 4.74 Å². The Bertz CT molecular complexity index is 748. The van der Waals surface area contributed by atoms with Crippen LogP contribution >= 0.6 is 0 Å². The Morgan fingerprint density at radius 2 is 1.92 bits per heavy atom. The minimum absolute atomic E-state index is 0.154. The zero-order valence-electron chi connectivity index (χ0n) is 14.4. The van der Waals surface area contributed by atoms with E-state index in [0.717, 1.165) is 23.2 Å². The maximum atomic E-state index is 12.2. The molecule has 2 aromatic rings. The largest absolute Gasteiger partial charge is 0.381 e. The van der Waals surface area contributed by atoms with Crippen molar-refractivity contribution < 1.29 is 9.53 Å². The molecule has 0 spiro atoms. The van der Waals surface area contributed by atoms with E-state index in [1.807, 2.05) is 39.0 Å². The molecule has 0 aliphatic rings. The molecule has 1 aromatic heterocycles. The number of ether oxygens (including phenoxy) is 1. The van der Waals surface area contributed by atoms with Gasteiger partial charge in [-0.1, -0.05) is 12.1 Å². The third-order valence-electron chi connectivity index (χ3n) is 3.87. The highest BCUT2D eigenvalue weighted by Gasteiger charge is 2.09. The van der Waals surface area contributed by atoms with Crippen LogP contribution in [0, 0.1) is 13.8 Å². The molecule has 5 nitrogen and oxygen atoms in total. The second kappa shape index (κ2) is 8.45. The molecular formula is C19H24N2O3. The molecule has 0 bridgehead atoms. The Labute approximate surface area is 142 Å². The van der Waals surface area contributed by atoms with Crippen molar-refractivity contribution in [3.63, 3.8) is 0 Å². The molecule has 0 atom stereocenters. The average Bonchev–Trinajstić information content (AvgIpc) is 2.54. The van der Waals surface area contributed by atoms with E-state index in [1.54, 1.807) is 12.1 Å². The van der Waals surface area contributed by atoms with Gasteiger partial charge in [-0.3, -0.25) is 9.59 Å². The number of carbonyl (C=O) groups is 1. The summed E-state index contributed by atoms with van der Waals surface area (Å²) < 4.78 is 5.32. The minimum Gasteiger partial charge on any atom is -0.381 e. The number of nitrogens with one attached hydrogen (secondary N) is 2. The van der Waals surface area contributed by atoms with Gasteiger partial charge < -0.3 is 15.0 Å². The van der Waals surface area contributed by atoms with Gasteiger partial charge in [0, 0.05) is 30.0 Å². The fourth-order valence-corrected chi connectivity index (χ4v) is 2.53. The van der Waals surface area contributed by atoms with Crippen molar-refractivity contribution in [1.82, 2.24) is 10.3 Å². The second-order valence-electron chi connectivity index (χ2n) is 5.77.